The molecule has 1 N–H and O–H groups in total. The molecule has 3 nitrogen and oxygen atoms in total. The predicted molar refractivity (Wildman–Crippen MR) is 58.4 cm³/mol. The van der Waals surface area contributed by atoms with Crippen LogP contribution in [0.15, 0.2) is 10.6 Å². The fourth-order valence-electron chi connectivity index (χ4n) is 1.64. The molecule has 1 aliphatic heterocycles. The topological polar surface area (TPSA) is 38.1 Å². The molecule has 1 saturated heterocycles. The zero-order valence-electron chi connectivity index (χ0n) is 8.45. The monoisotopic (exact) mass is 212 g/mol. The first-order valence-electron chi connectivity index (χ1n) is 5.05. The number of hydrogen-bond donors (Lipinski definition) is 1. The SMILES string of the molecule is Cc1cc(CNCC2CCSC2)on1. The Morgan fingerprint density at radius 2 is 2.64 bits per heavy atom. The summed E-state index contributed by atoms with van der Waals surface area (Å²) in [7, 11) is 0. The first-order valence-corrected chi connectivity index (χ1v) is 6.21. The van der Waals surface area contributed by atoms with Crippen molar-refractivity contribution in [2.24, 2.45) is 5.92 Å². The minimum atomic E-state index is 0.808. The summed E-state index contributed by atoms with van der Waals surface area (Å²) < 4.78 is 5.11. The molecule has 0 saturated carbocycles. The summed E-state index contributed by atoms with van der Waals surface area (Å²) in [6, 6.07) is 1.98. The summed E-state index contributed by atoms with van der Waals surface area (Å²) in [6.07, 6.45) is 1.35. The van der Waals surface area contributed by atoms with Gasteiger partial charge in [0.2, 0.25) is 0 Å². The zero-order valence-corrected chi connectivity index (χ0v) is 9.27. The molecule has 1 atom stereocenters. The highest BCUT2D eigenvalue weighted by molar-refractivity contribution is 7.99. The van der Waals surface area contributed by atoms with E-state index in [0.29, 0.717) is 0 Å². The molecule has 0 spiro atoms. The molecule has 1 aromatic rings. The fraction of sp³-hybridized carbons (Fsp3) is 0.700. The number of hydrogen-bond acceptors (Lipinski definition) is 4. The smallest absolute Gasteiger partial charge is 0.150 e. The van der Waals surface area contributed by atoms with Crippen LogP contribution in [0, 0.1) is 12.8 Å². The van der Waals surface area contributed by atoms with Crippen LogP contribution in [0.4, 0.5) is 0 Å². The normalized spacial score (nSPS) is 21.6. The maximum Gasteiger partial charge on any atom is 0.150 e. The summed E-state index contributed by atoms with van der Waals surface area (Å²) in [4.78, 5) is 0. The first-order chi connectivity index (χ1) is 6.84. The lowest BCUT2D eigenvalue weighted by molar-refractivity contribution is 0.365. The van der Waals surface area contributed by atoms with Gasteiger partial charge in [-0.1, -0.05) is 5.16 Å². The van der Waals surface area contributed by atoms with Crippen LogP contribution in [0.5, 0.6) is 0 Å². The summed E-state index contributed by atoms with van der Waals surface area (Å²) in [6.45, 7) is 3.86. The Labute approximate surface area is 88.6 Å². The lowest BCUT2D eigenvalue weighted by Gasteiger charge is -2.07. The van der Waals surface area contributed by atoms with E-state index in [4.69, 9.17) is 4.52 Å². The van der Waals surface area contributed by atoms with E-state index >= 15 is 0 Å². The molecule has 78 valence electrons. The lowest BCUT2D eigenvalue weighted by Crippen LogP contribution is -2.21. The van der Waals surface area contributed by atoms with E-state index in [2.05, 4.69) is 22.2 Å². The van der Waals surface area contributed by atoms with Crippen molar-refractivity contribution < 1.29 is 4.52 Å². The number of nitrogens with zero attached hydrogens (tertiary/aromatic N) is 1. The third-order valence-electron chi connectivity index (χ3n) is 2.43. The van der Waals surface area contributed by atoms with Gasteiger partial charge in [0.15, 0.2) is 5.76 Å². The Kier molecular flexibility index (Phi) is 3.48. The van der Waals surface area contributed by atoms with Crippen molar-refractivity contribution >= 4 is 11.8 Å². The van der Waals surface area contributed by atoms with Crippen LogP contribution in [-0.2, 0) is 6.54 Å². The average molecular weight is 212 g/mol. The third kappa shape index (κ3) is 2.75. The van der Waals surface area contributed by atoms with Gasteiger partial charge in [-0.05, 0) is 37.3 Å². The standard InChI is InChI=1S/C10H16N2OS/c1-8-4-10(13-12-8)6-11-5-9-2-3-14-7-9/h4,9,11H,2-3,5-7H2,1H3. The van der Waals surface area contributed by atoms with E-state index in [0.717, 1.165) is 30.5 Å². The molecule has 1 aliphatic rings. The largest absolute Gasteiger partial charge is 0.360 e. The van der Waals surface area contributed by atoms with Crippen LogP contribution in [0.1, 0.15) is 17.9 Å². The lowest BCUT2D eigenvalue weighted by atomic mass is 10.1. The van der Waals surface area contributed by atoms with Gasteiger partial charge in [-0.2, -0.15) is 11.8 Å². The molecule has 0 radical (unpaired) electrons. The van der Waals surface area contributed by atoms with Crippen molar-refractivity contribution in [2.45, 2.75) is 19.9 Å². The highest BCUT2D eigenvalue weighted by atomic mass is 32.2. The van der Waals surface area contributed by atoms with Crippen molar-refractivity contribution in [1.29, 1.82) is 0 Å². The van der Waals surface area contributed by atoms with E-state index in [1.807, 2.05) is 13.0 Å². The van der Waals surface area contributed by atoms with Crippen LogP contribution < -0.4 is 5.32 Å². The molecule has 14 heavy (non-hydrogen) atoms. The van der Waals surface area contributed by atoms with Crippen LogP contribution in [0.3, 0.4) is 0 Å². The van der Waals surface area contributed by atoms with Crippen molar-refractivity contribution in [3.8, 4) is 0 Å². The van der Waals surface area contributed by atoms with Gasteiger partial charge in [0.1, 0.15) is 0 Å². The second-order valence-corrected chi connectivity index (χ2v) is 4.94. The molecular weight excluding hydrogens is 196 g/mol. The fourth-order valence-corrected chi connectivity index (χ4v) is 2.93. The molecule has 0 amide bonds. The number of nitrogens with one attached hydrogen (secondary N) is 1. The van der Waals surface area contributed by atoms with Gasteiger partial charge in [0, 0.05) is 6.07 Å². The van der Waals surface area contributed by atoms with Crippen LogP contribution in [0.2, 0.25) is 0 Å². The highest BCUT2D eigenvalue weighted by Gasteiger charge is 2.14. The Hall–Kier alpha value is -0.480. The van der Waals surface area contributed by atoms with Gasteiger partial charge in [-0.25, -0.2) is 0 Å². The molecule has 1 unspecified atom stereocenters. The van der Waals surface area contributed by atoms with Crippen molar-refractivity contribution in [3.63, 3.8) is 0 Å². The Morgan fingerprint density at radius 3 is 3.29 bits per heavy atom. The van der Waals surface area contributed by atoms with Crippen molar-refractivity contribution in [2.75, 3.05) is 18.1 Å². The zero-order chi connectivity index (χ0) is 9.80. The maximum atomic E-state index is 5.11. The Morgan fingerprint density at radius 1 is 1.71 bits per heavy atom. The van der Waals surface area contributed by atoms with Gasteiger partial charge in [0.25, 0.3) is 0 Å². The molecule has 0 aromatic carbocycles. The molecule has 2 rings (SSSR count). The van der Waals surface area contributed by atoms with Crippen LogP contribution in [0.25, 0.3) is 0 Å². The summed E-state index contributed by atoms with van der Waals surface area (Å²) in [5.74, 6) is 4.42. The highest BCUT2D eigenvalue weighted by Crippen LogP contribution is 2.22. The summed E-state index contributed by atoms with van der Waals surface area (Å²) in [5, 5.41) is 7.26. The Bertz CT molecular complexity index is 281. The van der Waals surface area contributed by atoms with Gasteiger partial charge >= 0.3 is 0 Å². The number of rotatable bonds is 4. The predicted octanol–water partition coefficient (Wildman–Crippen LogP) is 1.83. The van der Waals surface area contributed by atoms with E-state index in [-0.39, 0.29) is 0 Å². The molecule has 1 aromatic heterocycles. The van der Waals surface area contributed by atoms with Crippen molar-refractivity contribution in [3.05, 3.63) is 17.5 Å². The maximum absolute atomic E-state index is 5.11. The third-order valence-corrected chi connectivity index (χ3v) is 3.66. The number of aryl methyl sites for hydroxylation is 1. The second kappa shape index (κ2) is 4.84. The minimum Gasteiger partial charge on any atom is -0.360 e. The van der Waals surface area contributed by atoms with Gasteiger partial charge < -0.3 is 9.84 Å². The molecule has 2 heterocycles. The van der Waals surface area contributed by atoms with E-state index in [1.165, 1.54) is 17.9 Å². The van der Waals surface area contributed by atoms with Gasteiger partial charge in [-0.3, -0.25) is 0 Å². The molecule has 4 heteroatoms. The van der Waals surface area contributed by atoms with Gasteiger partial charge in [-0.15, -0.1) is 0 Å². The summed E-state index contributed by atoms with van der Waals surface area (Å²) >= 11 is 2.06. The van der Waals surface area contributed by atoms with Crippen molar-refractivity contribution in [1.82, 2.24) is 10.5 Å². The molecule has 1 fully saturated rings. The second-order valence-electron chi connectivity index (χ2n) is 3.80. The molecule has 0 aliphatic carbocycles. The van der Waals surface area contributed by atoms with E-state index in [9.17, 15) is 0 Å². The van der Waals surface area contributed by atoms with E-state index < -0.39 is 0 Å². The summed E-state index contributed by atoms with van der Waals surface area (Å²) in [5.41, 5.74) is 0.957. The molecule has 0 bridgehead atoms. The Balaban J connectivity index is 1.67. The first kappa shape index (κ1) is 10.1. The average Bonchev–Trinajstić information content (AvgIpc) is 2.77. The minimum absolute atomic E-state index is 0.808. The number of aromatic nitrogens is 1. The van der Waals surface area contributed by atoms with E-state index in [1.54, 1.807) is 0 Å². The van der Waals surface area contributed by atoms with Gasteiger partial charge in [0.05, 0.1) is 12.2 Å². The van der Waals surface area contributed by atoms with Crippen LogP contribution in [-0.4, -0.2) is 23.2 Å². The number of thioether (sulfide) groups is 1. The molecular formula is C10H16N2OS. The quantitative estimate of drug-likeness (QED) is 0.826. The van der Waals surface area contributed by atoms with Crippen LogP contribution >= 0.6 is 11.8 Å².